The molecule has 3 heterocycles. The van der Waals surface area contributed by atoms with E-state index in [1.165, 1.54) is 0 Å². The van der Waals surface area contributed by atoms with Crippen molar-refractivity contribution in [2.45, 2.75) is 0 Å². The number of fused-ring (bicyclic) bond motifs is 6. The Kier molecular flexibility index (Phi) is 5.43. The average molecular weight is 566 g/mol. The highest BCUT2D eigenvalue weighted by Gasteiger charge is 2.21. The van der Waals surface area contributed by atoms with Crippen LogP contribution in [0.15, 0.2) is 148 Å². The molecule has 44 heavy (non-hydrogen) atoms. The third-order valence-electron chi connectivity index (χ3n) is 8.13. The molecule has 5 nitrogen and oxygen atoms in total. The van der Waals surface area contributed by atoms with Crippen molar-refractivity contribution in [1.29, 1.82) is 0 Å². The molecule has 0 aliphatic rings. The first-order valence-electron chi connectivity index (χ1n) is 14.5. The van der Waals surface area contributed by atoms with Gasteiger partial charge in [-0.05, 0) is 24.3 Å². The number of rotatable bonds is 4. The quantitative estimate of drug-likeness (QED) is 0.212. The molecule has 0 amide bonds. The Labute approximate surface area is 252 Å². The fourth-order valence-corrected chi connectivity index (χ4v) is 6.05. The van der Waals surface area contributed by atoms with Gasteiger partial charge in [-0.1, -0.05) is 115 Å². The summed E-state index contributed by atoms with van der Waals surface area (Å²) in [5, 5.41) is 4.16. The highest BCUT2D eigenvalue weighted by Crippen LogP contribution is 2.43. The molecular formula is C39H23N3O2. The van der Waals surface area contributed by atoms with Gasteiger partial charge in [0.25, 0.3) is 0 Å². The first-order chi connectivity index (χ1) is 21.8. The van der Waals surface area contributed by atoms with Gasteiger partial charge >= 0.3 is 0 Å². The Bertz CT molecular complexity index is 2440. The summed E-state index contributed by atoms with van der Waals surface area (Å²) in [5.74, 6) is 1.82. The number of benzene rings is 6. The molecule has 0 radical (unpaired) electrons. The van der Waals surface area contributed by atoms with Crippen LogP contribution in [0, 0.1) is 0 Å². The Morgan fingerprint density at radius 1 is 0.341 bits per heavy atom. The molecule has 0 aliphatic heterocycles. The van der Waals surface area contributed by atoms with Gasteiger partial charge in [0.1, 0.15) is 22.3 Å². The van der Waals surface area contributed by atoms with E-state index in [1.807, 2.05) is 97.1 Å². The number of furan rings is 2. The van der Waals surface area contributed by atoms with Gasteiger partial charge in [0.05, 0.1) is 0 Å². The normalized spacial score (nSPS) is 11.6. The van der Waals surface area contributed by atoms with Crippen molar-refractivity contribution in [3.05, 3.63) is 140 Å². The Balaban J connectivity index is 1.36. The second kappa shape index (κ2) is 9.75. The molecule has 0 saturated heterocycles. The first-order valence-corrected chi connectivity index (χ1v) is 14.5. The maximum absolute atomic E-state index is 6.54. The smallest absolute Gasteiger partial charge is 0.164 e. The van der Waals surface area contributed by atoms with Crippen molar-refractivity contribution in [2.24, 2.45) is 0 Å². The molecular weight excluding hydrogens is 542 g/mol. The third-order valence-corrected chi connectivity index (χ3v) is 8.13. The molecule has 0 spiro atoms. The van der Waals surface area contributed by atoms with Crippen molar-refractivity contribution >= 4 is 43.9 Å². The van der Waals surface area contributed by atoms with Crippen LogP contribution in [0.1, 0.15) is 0 Å². The highest BCUT2D eigenvalue weighted by molar-refractivity contribution is 6.15. The fourth-order valence-electron chi connectivity index (χ4n) is 6.05. The van der Waals surface area contributed by atoms with E-state index in [1.54, 1.807) is 0 Å². The van der Waals surface area contributed by atoms with Crippen molar-refractivity contribution in [2.75, 3.05) is 0 Å². The molecule has 0 fully saturated rings. The van der Waals surface area contributed by atoms with Crippen LogP contribution in [0.2, 0.25) is 0 Å². The lowest BCUT2D eigenvalue weighted by molar-refractivity contribution is 0.665. The van der Waals surface area contributed by atoms with E-state index in [0.29, 0.717) is 17.5 Å². The summed E-state index contributed by atoms with van der Waals surface area (Å²) in [7, 11) is 0. The van der Waals surface area contributed by atoms with Gasteiger partial charge in [0.15, 0.2) is 17.5 Å². The van der Waals surface area contributed by atoms with Crippen molar-refractivity contribution in [3.63, 3.8) is 0 Å². The van der Waals surface area contributed by atoms with Gasteiger partial charge in [-0.15, -0.1) is 0 Å². The maximum atomic E-state index is 6.54. The molecule has 0 N–H and O–H groups in total. The van der Waals surface area contributed by atoms with E-state index in [9.17, 15) is 0 Å². The zero-order valence-electron chi connectivity index (χ0n) is 23.4. The van der Waals surface area contributed by atoms with E-state index < -0.39 is 0 Å². The van der Waals surface area contributed by atoms with Crippen LogP contribution >= 0.6 is 0 Å². The van der Waals surface area contributed by atoms with Crippen LogP contribution < -0.4 is 0 Å². The second-order valence-electron chi connectivity index (χ2n) is 10.8. The lowest BCUT2D eigenvalue weighted by Crippen LogP contribution is -2.00. The molecule has 0 bridgehead atoms. The highest BCUT2D eigenvalue weighted by atomic mass is 16.3. The van der Waals surface area contributed by atoms with E-state index in [4.69, 9.17) is 23.8 Å². The number of aromatic nitrogens is 3. The predicted molar refractivity (Wildman–Crippen MR) is 176 cm³/mol. The van der Waals surface area contributed by atoms with Gasteiger partial charge in [-0.2, -0.15) is 0 Å². The van der Waals surface area contributed by atoms with Crippen molar-refractivity contribution in [1.82, 2.24) is 15.0 Å². The van der Waals surface area contributed by atoms with Crippen LogP contribution in [-0.2, 0) is 0 Å². The van der Waals surface area contributed by atoms with Gasteiger partial charge in [0, 0.05) is 49.4 Å². The van der Waals surface area contributed by atoms with Gasteiger partial charge in [-0.25, -0.2) is 15.0 Å². The zero-order chi connectivity index (χ0) is 29.0. The summed E-state index contributed by atoms with van der Waals surface area (Å²) in [4.78, 5) is 14.9. The predicted octanol–water partition coefficient (Wildman–Crippen LogP) is 10.3. The molecule has 3 aromatic heterocycles. The molecule has 5 heteroatoms. The molecule has 206 valence electrons. The van der Waals surface area contributed by atoms with Crippen LogP contribution in [0.4, 0.5) is 0 Å². The topological polar surface area (TPSA) is 65.0 Å². The Morgan fingerprint density at radius 2 is 0.818 bits per heavy atom. The minimum Gasteiger partial charge on any atom is -0.455 e. The van der Waals surface area contributed by atoms with Gasteiger partial charge in [0.2, 0.25) is 0 Å². The summed E-state index contributed by atoms with van der Waals surface area (Å²) >= 11 is 0. The van der Waals surface area contributed by atoms with Crippen LogP contribution in [0.25, 0.3) is 89.2 Å². The summed E-state index contributed by atoms with van der Waals surface area (Å²) < 4.78 is 13.0. The summed E-state index contributed by atoms with van der Waals surface area (Å²) in [6, 6.07) is 46.8. The minimum absolute atomic E-state index is 0.586. The van der Waals surface area contributed by atoms with E-state index >= 15 is 0 Å². The lowest BCUT2D eigenvalue weighted by atomic mass is 9.97. The minimum atomic E-state index is 0.586. The van der Waals surface area contributed by atoms with Gasteiger partial charge in [-0.3, -0.25) is 0 Å². The molecule has 0 unspecified atom stereocenters. The standard InChI is InChI=1S/C39H23N3O2/c1-3-12-24(13-4-1)37-40-38(25-14-5-2-6-15-25)42-39(41-37)26-22-31-28-17-8-10-21-34(28)44-36(31)32(23-26)30-19-11-18-29-27-16-7-9-20-33(27)43-35(29)30/h1-23H. The molecule has 9 rings (SSSR count). The summed E-state index contributed by atoms with van der Waals surface area (Å²) in [6.45, 7) is 0. The van der Waals surface area contributed by atoms with E-state index in [2.05, 4.69) is 42.5 Å². The Hall–Kier alpha value is -6.07. The largest absolute Gasteiger partial charge is 0.455 e. The summed E-state index contributed by atoms with van der Waals surface area (Å²) in [6.07, 6.45) is 0. The van der Waals surface area contributed by atoms with Gasteiger partial charge < -0.3 is 8.83 Å². The lowest BCUT2D eigenvalue weighted by Gasteiger charge is -2.11. The monoisotopic (exact) mass is 565 g/mol. The number of hydrogen-bond donors (Lipinski definition) is 0. The summed E-state index contributed by atoms with van der Waals surface area (Å²) in [5.41, 5.74) is 7.87. The van der Waals surface area contributed by atoms with E-state index in [-0.39, 0.29) is 0 Å². The fraction of sp³-hybridized carbons (Fsp3) is 0. The first kappa shape index (κ1) is 24.5. The van der Waals surface area contributed by atoms with Crippen LogP contribution in [-0.4, -0.2) is 15.0 Å². The second-order valence-corrected chi connectivity index (χ2v) is 10.8. The van der Waals surface area contributed by atoms with Crippen LogP contribution in [0.5, 0.6) is 0 Å². The average Bonchev–Trinajstić information content (AvgIpc) is 3.67. The van der Waals surface area contributed by atoms with Crippen LogP contribution in [0.3, 0.4) is 0 Å². The zero-order valence-corrected chi connectivity index (χ0v) is 23.4. The number of nitrogens with zero attached hydrogens (tertiary/aromatic N) is 3. The number of para-hydroxylation sites is 3. The van der Waals surface area contributed by atoms with E-state index in [0.717, 1.165) is 71.7 Å². The molecule has 0 atom stereocenters. The molecule has 6 aromatic carbocycles. The molecule has 9 aromatic rings. The maximum Gasteiger partial charge on any atom is 0.164 e. The Morgan fingerprint density at radius 3 is 1.43 bits per heavy atom. The SMILES string of the molecule is c1ccc(-c2nc(-c3ccccc3)nc(-c3cc(-c4cccc5c4oc4ccccc45)c4oc5ccccc5c4c3)n2)cc1. The molecule has 0 aliphatic carbocycles. The van der Waals surface area contributed by atoms with Crippen molar-refractivity contribution < 1.29 is 8.83 Å². The van der Waals surface area contributed by atoms with Crippen molar-refractivity contribution in [3.8, 4) is 45.3 Å². The molecule has 0 saturated carbocycles. The number of hydrogen-bond acceptors (Lipinski definition) is 5. The third kappa shape index (κ3) is 3.91.